The lowest BCUT2D eigenvalue weighted by atomic mass is 10.1. The number of aliphatic hydroxyl groups excluding tert-OH is 1. The number of aliphatic hydroxyl groups is 1. The molecule has 1 aliphatic rings. The molecule has 0 amide bonds. The van der Waals surface area contributed by atoms with Crippen molar-refractivity contribution in [3.05, 3.63) is 64.3 Å². The monoisotopic (exact) mass is 441 g/mol. The molecule has 0 fully saturated rings. The fourth-order valence-electron chi connectivity index (χ4n) is 2.81. The highest BCUT2D eigenvalue weighted by Crippen LogP contribution is 2.41. The van der Waals surface area contributed by atoms with Crippen LogP contribution in [0.15, 0.2) is 63.7 Å². The Hall–Kier alpha value is -3.39. The summed E-state index contributed by atoms with van der Waals surface area (Å²) in [5.41, 5.74) is 1.30. The summed E-state index contributed by atoms with van der Waals surface area (Å²) in [6, 6.07) is 11.9. The molecule has 2 aromatic rings. The van der Waals surface area contributed by atoms with E-state index in [1.54, 1.807) is 56.5 Å². The van der Waals surface area contributed by atoms with Crippen LogP contribution < -0.4 is 9.47 Å². The Balaban J connectivity index is 2.01. The second kappa shape index (κ2) is 10.1. The molecule has 2 N–H and O–H groups in total. The zero-order valence-electron chi connectivity index (χ0n) is 17.4. The summed E-state index contributed by atoms with van der Waals surface area (Å²) in [7, 11) is 1.57. The lowest BCUT2D eigenvalue weighted by Gasteiger charge is -2.07. The van der Waals surface area contributed by atoms with Crippen LogP contribution in [-0.4, -0.2) is 41.5 Å². The molecule has 1 aliphatic heterocycles. The van der Waals surface area contributed by atoms with Gasteiger partial charge in [-0.15, -0.1) is 0 Å². The molecule has 1 heterocycles. The van der Waals surface area contributed by atoms with Gasteiger partial charge in [0.2, 0.25) is 0 Å². The number of methoxy groups -OCH3 is 1. The molecule has 0 unspecified atom stereocenters. The Morgan fingerprint density at radius 1 is 1.10 bits per heavy atom. The van der Waals surface area contributed by atoms with E-state index in [4.69, 9.17) is 14.2 Å². The van der Waals surface area contributed by atoms with Gasteiger partial charge in [-0.1, -0.05) is 17.8 Å². The Morgan fingerprint density at radius 2 is 1.84 bits per heavy atom. The van der Waals surface area contributed by atoms with Crippen molar-refractivity contribution in [2.45, 2.75) is 13.8 Å². The molecule has 0 radical (unpaired) electrons. The smallest absolute Gasteiger partial charge is 0.344 e. The van der Waals surface area contributed by atoms with Crippen molar-refractivity contribution in [1.29, 1.82) is 0 Å². The molecule has 3 rings (SSSR count). The van der Waals surface area contributed by atoms with E-state index in [2.05, 4.69) is 4.99 Å². The Kier molecular flexibility index (Phi) is 7.25. The van der Waals surface area contributed by atoms with Crippen LogP contribution >= 0.6 is 11.8 Å². The minimum Gasteiger partial charge on any atom is -0.506 e. The highest BCUT2D eigenvalue weighted by Gasteiger charge is 2.33. The van der Waals surface area contributed by atoms with Crippen molar-refractivity contribution in [2.75, 3.05) is 20.3 Å². The Labute approximate surface area is 184 Å². The first-order valence-electron chi connectivity index (χ1n) is 9.66. The summed E-state index contributed by atoms with van der Waals surface area (Å²) in [5, 5.41) is 21.0. The number of nitrogens with zero attached hydrogens (tertiary/aromatic N) is 1. The number of esters is 1. The highest BCUT2D eigenvalue weighted by atomic mass is 32.2. The first-order valence-corrected chi connectivity index (χ1v) is 10.5. The molecular formula is C23H23NO6S. The molecule has 0 saturated carbocycles. The summed E-state index contributed by atoms with van der Waals surface area (Å²) in [6.45, 7) is 4.09. The zero-order chi connectivity index (χ0) is 22.4. The maximum Gasteiger partial charge on any atom is 0.344 e. The number of thioether (sulfide) groups is 1. The number of aromatic hydroxyl groups is 1. The van der Waals surface area contributed by atoms with Gasteiger partial charge in [0.1, 0.15) is 22.1 Å². The highest BCUT2D eigenvalue weighted by molar-refractivity contribution is 8.18. The molecule has 7 nitrogen and oxygen atoms in total. The van der Waals surface area contributed by atoms with E-state index in [-0.39, 0.29) is 23.7 Å². The van der Waals surface area contributed by atoms with Crippen LogP contribution in [0.4, 0.5) is 5.69 Å². The maximum atomic E-state index is 12.5. The van der Waals surface area contributed by atoms with Crippen molar-refractivity contribution in [3.8, 4) is 17.2 Å². The quantitative estimate of drug-likeness (QED) is 0.584. The van der Waals surface area contributed by atoms with Crippen LogP contribution in [0.2, 0.25) is 0 Å². The number of carbonyl (C=O) groups is 1. The largest absolute Gasteiger partial charge is 0.506 e. The van der Waals surface area contributed by atoms with E-state index in [1.165, 1.54) is 6.07 Å². The van der Waals surface area contributed by atoms with Crippen LogP contribution in [0.5, 0.6) is 17.2 Å². The second-order valence-electron chi connectivity index (χ2n) is 6.33. The molecule has 2 aromatic carbocycles. The third-order valence-electron chi connectivity index (χ3n) is 4.25. The van der Waals surface area contributed by atoms with Crippen LogP contribution in [0.25, 0.3) is 6.08 Å². The molecule has 0 spiro atoms. The van der Waals surface area contributed by atoms with Crippen LogP contribution in [0.3, 0.4) is 0 Å². The lowest BCUT2D eigenvalue weighted by molar-refractivity contribution is -0.138. The van der Waals surface area contributed by atoms with Crippen molar-refractivity contribution in [1.82, 2.24) is 0 Å². The van der Waals surface area contributed by atoms with Gasteiger partial charge in [-0.25, -0.2) is 9.79 Å². The number of aliphatic imine (C=N–C) groups is 1. The fourth-order valence-corrected chi connectivity index (χ4v) is 3.84. The number of carbonyl (C=O) groups excluding carboxylic acids is 1. The first-order chi connectivity index (χ1) is 15.0. The fraction of sp³-hybridized carbons (Fsp3) is 0.217. The van der Waals surface area contributed by atoms with Gasteiger partial charge in [0.15, 0.2) is 11.5 Å². The number of phenols is 1. The summed E-state index contributed by atoms with van der Waals surface area (Å²) >= 11 is 1.16. The number of ether oxygens (including phenoxy) is 3. The van der Waals surface area contributed by atoms with Gasteiger partial charge in [0, 0.05) is 0 Å². The van der Waals surface area contributed by atoms with Crippen molar-refractivity contribution in [2.24, 2.45) is 4.99 Å². The lowest BCUT2D eigenvalue weighted by Crippen LogP contribution is -2.12. The predicted octanol–water partition coefficient (Wildman–Crippen LogP) is 4.99. The standard InChI is InChI=1S/C23H23NO6S/c1-4-29-18-12-14(6-11-17(18)25)13-19-21(26)20(23(27)30-5-2)22(31-19)24-15-7-9-16(28-3)10-8-15/h6-13,25-26H,4-5H2,1-3H3/b19-13-,24-22?. The summed E-state index contributed by atoms with van der Waals surface area (Å²) in [4.78, 5) is 17.5. The van der Waals surface area contributed by atoms with Crippen molar-refractivity contribution < 1.29 is 29.2 Å². The molecule has 0 atom stereocenters. The molecular weight excluding hydrogens is 418 g/mol. The predicted molar refractivity (Wildman–Crippen MR) is 121 cm³/mol. The topological polar surface area (TPSA) is 97.6 Å². The molecule has 162 valence electrons. The van der Waals surface area contributed by atoms with Gasteiger partial charge < -0.3 is 24.4 Å². The zero-order valence-corrected chi connectivity index (χ0v) is 18.2. The van der Waals surface area contributed by atoms with Crippen LogP contribution in [-0.2, 0) is 9.53 Å². The van der Waals surface area contributed by atoms with Gasteiger partial charge in [-0.2, -0.15) is 0 Å². The second-order valence-corrected chi connectivity index (χ2v) is 7.36. The Bertz CT molecular complexity index is 1060. The summed E-state index contributed by atoms with van der Waals surface area (Å²) in [5.74, 6) is 0.188. The van der Waals surface area contributed by atoms with Crippen molar-refractivity contribution in [3.63, 3.8) is 0 Å². The number of hydrogen-bond acceptors (Lipinski definition) is 8. The average molecular weight is 442 g/mol. The normalized spacial score (nSPS) is 16.1. The molecule has 8 heteroatoms. The number of hydrogen-bond donors (Lipinski definition) is 2. The van der Waals surface area contributed by atoms with E-state index in [0.717, 1.165) is 11.8 Å². The summed E-state index contributed by atoms with van der Waals surface area (Å²) < 4.78 is 15.7. The minimum absolute atomic E-state index is 0.0118. The SMILES string of the molecule is CCOC(=O)C1=C(O)/C(=C/c2ccc(O)c(OCC)c2)SC1=Nc1ccc(OC)cc1. The van der Waals surface area contributed by atoms with Crippen molar-refractivity contribution >= 4 is 34.5 Å². The van der Waals surface area contributed by atoms with E-state index < -0.39 is 5.97 Å². The van der Waals surface area contributed by atoms with E-state index >= 15 is 0 Å². The number of rotatable bonds is 7. The molecule has 0 aliphatic carbocycles. The Morgan fingerprint density at radius 3 is 2.48 bits per heavy atom. The summed E-state index contributed by atoms with van der Waals surface area (Å²) in [6.07, 6.45) is 1.69. The van der Waals surface area contributed by atoms with Gasteiger partial charge in [0.05, 0.1) is 30.9 Å². The molecule has 0 aromatic heterocycles. The first kappa shape index (κ1) is 22.3. The third-order valence-corrected chi connectivity index (χ3v) is 5.27. The van der Waals surface area contributed by atoms with Gasteiger partial charge in [0.25, 0.3) is 0 Å². The maximum absolute atomic E-state index is 12.5. The van der Waals surface area contributed by atoms with Crippen LogP contribution in [0, 0.1) is 0 Å². The van der Waals surface area contributed by atoms with Gasteiger partial charge >= 0.3 is 5.97 Å². The molecule has 0 saturated heterocycles. The van der Waals surface area contributed by atoms with E-state index in [1.807, 2.05) is 6.92 Å². The van der Waals surface area contributed by atoms with Gasteiger partial charge in [-0.3, -0.25) is 0 Å². The third kappa shape index (κ3) is 5.21. The number of benzene rings is 2. The van der Waals surface area contributed by atoms with Crippen LogP contribution in [0.1, 0.15) is 19.4 Å². The molecule has 0 bridgehead atoms. The number of phenolic OH excluding ortho intramolecular Hbond substituents is 1. The van der Waals surface area contributed by atoms with E-state index in [0.29, 0.717) is 39.3 Å². The minimum atomic E-state index is -0.649. The average Bonchev–Trinajstić information content (AvgIpc) is 3.06. The van der Waals surface area contributed by atoms with E-state index in [9.17, 15) is 15.0 Å². The molecule has 31 heavy (non-hydrogen) atoms. The van der Waals surface area contributed by atoms with Gasteiger partial charge in [-0.05, 0) is 61.9 Å².